The monoisotopic (exact) mass is 416 g/mol. The van der Waals surface area contributed by atoms with Crippen LogP contribution in [-0.2, 0) is 0 Å². The van der Waals surface area contributed by atoms with Gasteiger partial charge in [-0.1, -0.05) is 46.1 Å². The number of halogens is 3. The van der Waals surface area contributed by atoms with Crippen LogP contribution >= 0.6 is 46.1 Å². The molecule has 25 heavy (non-hydrogen) atoms. The zero-order chi connectivity index (χ0) is 18.1. The number of rotatable bonds is 4. The highest BCUT2D eigenvalue weighted by Gasteiger charge is 2.18. The summed E-state index contributed by atoms with van der Waals surface area (Å²) in [5.41, 5.74) is 1.28. The summed E-state index contributed by atoms with van der Waals surface area (Å²) in [5, 5.41) is 12.5. The number of anilines is 1. The molecule has 0 bridgehead atoms. The van der Waals surface area contributed by atoms with Crippen LogP contribution in [0.3, 0.4) is 0 Å². The second-order valence-corrected chi connectivity index (χ2v) is 7.32. The minimum atomic E-state index is -1.16. The molecule has 1 amide bonds. The molecule has 2 aromatic carbocycles. The van der Waals surface area contributed by atoms with Crippen molar-refractivity contribution in [2.75, 3.05) is 5.32 Å². The number of amides is 1. The molecule has 0 aliphatic heterocycles. The quantitative estimate of drug-likeness (QED) is 0.476. The fourth-order valence-corrected chi connectivity index (χ4v) is 4.03. The van der Waals surface area contributed by atoms with Crippen LogP contribution in [0.25, 0.3) is 10.2 Å². The third-order valence-corrected chi connectivity index (χ3v) is 5.45. The first kappa shape index (κ1) is 18.1. The van der Waals surface area contributed by atoms with Crippen LogP contribution in [0.15, 0.2) is 30.3 Å². The Labute approximate surface area is 162 Å². The van der Waals surface area contributed by atoms with E-state index in [2.05, 4.69) is 10.3 Å². The number of carboxylic acid groups (broad SMARTS) is 1. The van der Waals surface area contributed by atoms with Crippen molar-refractivity contribution < 1.29 is 14.6 Å². The third-order valence-electron chi connectivity index (χ3n) is 3.37. The normalized spacial score (nSPS) is 12.2. The fourth-order valence-electron chi connectivity index (χ4n) is 2.30. The summed E-state index contributed by atoms with van der Waals surface area (Å²) in [7, 11) is 0. The van der Waals surface area contributed by atoms with Crippen LogP contribution in [0.1, 0.15) is 18.6 Å². The summed E-state index contributed by atoms with van der Waals surface area (Å²) in [6.45, 7) is 1.82. The molecule has 5 nitrogen and oxygen atoms in total. The van der Waals surface area contributed by atoms with Crippen LogP contribution in [0.2, 0.25) is 15.1 Å². The van der Waals surface area contributed by atoms with Crippen molar-refractivity contribution >= 4 is 67.6 Å². The molecule has 1 atom stereocenters. The van der Waals surface area contributed by atoms with Crippen LogP contribution < -0.4 is 10.1 Å². The van der Waals surface area contributed by atoms with Crippen LogP contribution in [0.5, 0.6) is 5.75 Å². The Balaban J connectivity index is 1.87. The summed E-state index contributed by atoms with van der Waals surface area (Å²) in [6, 6.07) is 8.57. The van der Waals surface area contributed by atoms with Crippen molar-refractivity contribution in [1.82, 2.24) is 4.98 Å². The summed E-state index contributed by atoms with van der Waals surface area (Å²) in [5.74, 6) is 0.581. The van der Waals surface area contributed by atoms with Crippen molar-refractivity contribution in [3.05, 3.63) is 51.0 Å². The number of benzene rings is 2. The van der Waals surface area contributed by atoms with Crippen molar-refractivity contribution in [3.8, 4) is 5.75 Å². The van der Waals surface area contributed by atoms with Gasteiger partial charge in [-0.2, -0.15) is 0 Å². The molecule has 0 spiro atoms. The molecule has 0 fully saturated rings. The zero-order valence-electron chi connectivity index (χ0n) is 12.7. The SMILES string of the molecule is CC(Oc1ccc2nc(NC(=O)O)sc2c1)c1c(Cl)ccc(Cl)c1Cl. The topological polar surface area (TPSA) is 71.5 Å². The number of hydrogen-bond acceptors (Lipinski definition) is 4. The number of thiazole rings is 1. The summed E-state index contributed by atoms with van der Waals surface area (Å²) in [4.78, 5) is 14.9. The highest BCUT2D eigenvalue weighted by atomic mass is 35.5. The Kier molecular flexibility index (Phi) is 5.24. The van der Waals surface area contributed by atoms with E-state index in [0.717, 1.165) is 4.70 Å². The van der Waals surface area contributed by atoms with Gasteiger partial charge in [-0.05, 0) is 37.3 Å². The van der Waals surface area contributed by atoms with E-state index >= 15 is 0 Å². The summed E-state index contributed by atoms with van der Waals surface area (Å²) in [6.07, 6.45) is -1.59. The first-order valence-corrected chi connectivity index (χ1v) is 9.01. The van der Waals surface area contributed by atoms with Gasteiger partial charge in [-0.3, -0.25) is 5.32 Å². The van der Waals surface area contributed by atoms with Crippen LogP contribution in [-0.4, -0.2) is 16.2 Å². The molecule has 0 saturated carbocycles. The highest BCUT2D eigenvalue weighted by molar-refractivity contribution is 7.22. The predicted octanol–water partition coefficient (Wildman–Crippen LogP) is 6.49. The minimum absolute atomic E-state index is 0.300. The number of hydrogen-bond donors (Lipinski definition) is 2. The standard InChI is InChI=1S/C16H11Cl3N2O3S/c1-7(13-9(17)3-4-10(18)14(13)19)24-8-2-5-11-12(6-8)25-15(20-11)21-16(22)23/h2-7H,1H3,(H,20,21)(H,22,23). The first-order valence-electron chi connectivity index (χ1n) is 7.05. The van der Waals surface area contributed by atoms with Gasteiger partial charge < -0.3 is 9.84 Å². The van der Waals surface area contributed by atoms with Crippen molar-refractivity contribution in [3.63, 3.8) is 0 Å². The van der Waals surface area contributed by atoms with Gasteiger partial charge in [0.25, 0.3) is 0 Å². The lowest BCUT2D eigenvalue weighted by atomic mass is 10.1. The fraction of sp³-hybridized carbons (Fsp3) is 0.125. The second kappa shape index (κ2) is 7.25. The minimum Gasteiger partial charge on any atom is -0.486 e. The van der Waals surface area contributed by atoms with E-state index in [1.807, 2.05) is 6.92 Å². The number of nitrogens with zero attached hydrogens (tertiary/aromatic N) is 1. The lowest BCUT2D eigenvalue weighted by Gasteiger charge is -2.18. The second-order valence-electron chi connectivity index (χ2n) is 5.10. The molecule has 3 aromatic rings. The maximum atomic E-state index is 10.7. The van der Waals surface area contributed by atoms with Crippen molar-refractivity contribution in [2.45, 2.75) is 13.0 Å². The molecular weight excluding hydrogens is 407 g/mol. The Bertz CT molecular complexity index is 961. The number of carbonyl (C=O) groups is 1. The van der Waals surface area contributed by atoms with Gasteiger partial charge >= 0.3 is 6.09 Å². The van der Waals surface area contributed by atoms with Gasteiger partial charge in [0.2, 0.25) is 0 Å². The van der Waals surface area contributed by atoms with E-state index in [1.165, 1.54) is 11.3 Å². The lowest BCUT2D eigenvalue weighted by Crippen LogP contribution is -2.06. The highest BCUT2D eigenvalue weighted by Crippen LogP contribution is 2.38. The molecule has 130 valence electrons. The molecular formula is C16H11Cl3N2O3S. The van der Waals surface area contributed by atoms with Crippen molar-refractivity contribution in [2.24, 2.45) is 0 Å². The molecule has 2 N–H and O–H groups in total. The smallest absolute Gasteiger partial charge is 0.410 e. The van der Waals surface area contributed by atoms with Crippen molar-refractivity contribution in [1.29, 1.82) is 0 Å². The van der Waals surface area contributed by atoms with Gasteiger partial charge in [0.15, 0.2) is 5.13 Å². The largest absolute Gasteiger partial charge is 0.486 e. The molecule has 0 saturated heterocycles. The average molecular weight is 418 g/mol. The number of nitrogens with one attached hydrogen (secondary N) is 1. The van der Waals surface area contributed by atoms with Gasteiger partial charge in [-0.25, -0.2) is 9.78 Å². The molecule has 0 aliphatic carbocycles. The van der Waals surface area contributed by atoms with E-state index in [1.54, 1.807) is 30.3 Å². The van der Waals surface area contributed by atoms with Gasteiger partial charge in [0, 0.05) is 10.6 Å². The van der Waals surface area contributed by atoms with E-state index < -0.39 is 12.2 Å². The summed E-state index contributed by atoms with van der Waals surface area (Å²) >= 11 is 19.7. The molecule has 0 aliphatic rings. The molecule has 1 unspecified atom stereocenters. The van der Waals surface area contributed by atoms with Crippen LogP contribution in [0, 0.1) is 0 Å². The summed E-state index contributed by atoms with van der Waals surface area (Å²) < 4.78 is 6.72. The number of fused-ring (bicyclic) bond motifs is 1. The maximum Gasteiger partial charge on any atom is 0.410 e. The molecule has 9 heteroatoms. The van der Waals surface area contributed by atoms with Gasteiger partial charge in [0.1, 0.15) is 11.9 Å². The van der Waals surface area contributed by atoms with Gasteiger partial charge in [0.05, 0.1) is 20.3 Å². The first-order chi connectivity index (χ1) is 11.8. The number of aromatic nitrogens is 1. The Morgan fingerprint density at radius 2 is 1.96 bits per heavy atom. The van der Waals surface area contributed by atoms with E-state index in [-0.39, 0.29) is 0 Å². The molecule has 3 rings (SSSR count). The van der Waals surface area contributed by atoms with E-state index in [4.69, 9.17) is 44.6 Å². The van der Waals surface area contributed by atoms with E-state index in [9.17, 15) is 4.79 Å². The van der Waals surface area contributed by atoms with Crippen LogP contribution in [0.4, 0.5) is 9.93 Å². The zero-order valence-corrected chi connectivity index (χ0v) is 15.8. The van der Waals surface area contributed by atoms with E-state index in [0.29, 0.717) is 37.0 Å². The Hall–Kier alpha value is -1.73. The van der Waals surface area contributed by atoms with Gasteiger partial charge in [-0.15, -0.1) is 0 Å². The maximum absolute atomic E-state index is 10.7. The molecule has 1 heterocycles. The molecule has 1 aromatic heterocycles. The predicted molar refractivity (Wildman–Crippen MR) is 102 cm³/mol. The Morgan fingerprint density at radius 1 is 1.24 bits per heavy atom. The lowest BCUT2D eigenvalue weighted by molar-refractivity contribution is 0.209. The number of ether oxygens (including phenoxy) is 1. The average Bonchev–Trinajstić information content (AvgIpc) is 2.92. The molecule has 0 radical (unpaired) electrons. The third kappa shape index (κ3) is 3.93. The Morgan fingerprint density at radius 3 is 2.68 bits per heavy atom.